The van der Waals surface area contributed by atoms with Gasteiger partial charge >= 0.3 is 0 Å². The minimum absolute atomic E-state index is 0.116. The molecule has 5 rings (SSSR count). The SMILES string of the molecule is O=C(c1ccc(F)cc1)c1ccc2c(c1O)OC1(CCCCC1)C(N1CCOCC1)O2. The molecule has 164 valence electrons. The first kappa shape index (κ1) is 20.3. The van der Waals surface area contributed by atoms with Crippen molar-refractivity contribution in [2.45, 2.75) is 43.9 Å². The van der Waals surface area contributed by atoms with Crippen molar-refractivity contribution >= 4 is 5.78 Å². The number of ether oxygens (including phenoxy) is 3. The van der Waals surface area contributed by atoms with Crippen molar-refractivity contribution in [1.82, 2.24) is 4.90 Å². The number of benzene rings is 2. The lowest BCUT2D eigenvalue weighted by molar-refractivity contribution is -0.171. The first-order valence-corrected chi connectivity index (χ1v) is 10.9. The van der Waals surface area contributed by atoms with Crippen LogP contribution in [0.15, 0.2) is 36.4 Å². The van der Waals surface area contributed by atoms with E-state index in [2.05, 4.69) is 4.90 Å². The second-order valence-electron chi connectivity index (χ2n) is 8.47. The van der Waals surface area contributed by atoms with Crippen LogP contribution in [-0.4, -0.2) is 53.9 Å². The van der Waals surface area contributed by atoms with Gasteiger partial charge in [0.1, 0.15) is 5.82 Å². The minimum Gasteiger partial charge on any atom is -0.504 e. The number of ketones is 1. The molecule has 1 aliphatic carbocycles. The Kier molecular flexibility index (Phi) is 5.32. The number of hydrogen-bond acceptors (Lipinski definition) is 6. The highest BCUT2D eigenvalue weighted by Gasteiger charge is 2.51. The van der Waals surface area contributed by atoms with Gasteiger partial charge in [0.25, 0.3) is 0 Å². The molecule has 0 radical (unpaired) electrons. The second-order valence-corrected chi connectivity index (χ2v) is 8.47. The Hall–Kier alpha value is -2.64. The number of nitrogens with zero attached hydrogens (tertiary/aromatic N) is 1. The average molecular weight is 427 g/mol. The van der Waals surface area contributed by atoms with Crippen LogP contribution in [-0.2, 0) is 4.74 Å². The first-order valence-electron chi connectivity index (χ1n) is 10.9. The number of carbonyl (C=O) groups is 1. The number of carbonyl (C=O) groups excluding carboxylic acids is 1. The van der Waals surface area contributed by atoms with Gasteiger partial charge in [0, 0.05) is 18.7 Å². The van der Waals surface area contributed by atoms with Crippen LogP contribution in [0.3, 0.4) is 0 Å². The molecule has 2 aliphatic heterocycles. The fourth-order valence-corrected chi connectivity index (χ4v) is 4.88. The Morgan fingerprint density at radius 1 is 1.03 bits per heavy atom. The maximum absolute atomic E-state index is 13.2. The lowest BCUT2D eigenvalue weighted by atomic mass is 9.81. The van der Waals surface area contributed by atoms with Crippen molar-refractivity contribution in [2.75, 3.05) is 26.3 Å². The third-order valence-corrected chi connectivity index (χ3v) is 6.52. The van der Waals surface area contributed by atoms with E-state index in [1.807, 2.05) is 0 Å². The van der Waals surface area contributed by atoms with Crippen molar-refractivity contribution in [2.24, 2.45) is 0 Å². The molecule has 1 saturated carbocycles. The first-order chi connectivity index (χ1) is 15.1. The molecule has 1 saturated heterocycles. The van der Waals surface area contributed by atoms with Gasteiger partial charge in [-0.25, -0.2) is 4.39 Å². The zero-order chi connectivity index (χ0) is 21.4. The number of rotatable bonds is 3. The third kappa shape index (κ3) is 3.66. The highest BCUT2D eigenvalue weighted by atomic mass is 19.1. The van der Waals surface area contributed by atoms with Crippen LogP contribution in [0.2, 0.25) is 0 Å². The number of aromatic hydroxyl groups is 1. The third-order valence-electron chi connectivity index (χ3n) is 6.52. The second kappa shape index (κ2) is 8.13. The summed E-state index contributed by atoms with van der Waals surface area (Å²) in [6.07, 6.45) is 4.57. The molecule has 1 atom stereocenters. The van der Waals surface area contributed by atoms with Crippen molar-refractivity contribution in [3.05, 3.63) is 53.3 Å². The maximum Gasteiger partial charge on any atom is 0.204 e. The standard InChI is InChI=1S/C24H26FNO5/c25-17-6-4-16(5-7-17)20(27)18-8-9-19-22(21(18)28)31-24(10-2-1-3-11-24)23(30-19)26-12-14-29-15-13-26/h4-9,23,28H,1-3,10-15H2. The van der Waals surface area contributed by atoms with Gasteiger partial charge in [0.05, 0.1) is 18.8 Å². The normalized spacial score (nSPS) is 22.9. The largest absolute Gasteiger partial charge is 0.504 e. The van der Waals surface area contributed by atoms with Gasteiger partial charge < -0.3 is 19.3 Å². The van der Waals surface area contributed by atoms with Gasteiger partial charge in [-0.3, -0.25) is 9.69 Å². The number of phenols is 1. The van der Waals surface area contributed by atoms with Gasteiger partial charge in [0.2, 0.25) is 5.75 Å². The molecule has 2 fully saturated rings. The zero-order valence-corrected chi connectivity index (χ0v) is 17.3. The molecular weight excluding hydrogens is 401 g/mol. The summed E-state index contributed by atoms with van der Waals surface area (Å²) < 4.78 is 31.7. The van der Waals surface area contributed by atoms with E-state index < -0.39 is 17.2 Å². The molecule has 7 heteroatoms. The van der Waals surface area contributed by atoms with E-state index in [9.17, 15) is 14.3 Å². The molecule has 3 aliphatic rings. The van der Waals surface area contributed by atoms with Gasteiger partial charge in [0.15, 0.2) is 29.1 Å². The van der Waals surface area contributed by atoms with E-state index >= 15 is 0 Å². The lowest BCUT2D eigenvalue weighted by Crippen LogP contribution is -2.63. The van der Waals surface area contributed by atoms with E-state index in [0.717, 1.165) is 45.2 Å². The Morgan fingerprint density at radius 3 is 2.45 bits per heavy atom. The van der Waals surface area contributed by atoms with E-state index in [-0.39, 0.29) is 23.3 Å². The summed E-state index contributed by atoms with van der Waals surface area (Å²) in [6.45, 7) is 2.83. The molecule has 1 spiro atoms. The highest BCUT2D eigenvalue weighted by molar-refractivity contribution is 6.11. The maximum atomic E-state index is 13.2. The van der Waals surface area contributed by atoms with Crippen LogP contribution < -0.4 is 9.47 Å². The average Bonchev–Trinajstić information content (AvgIpc) is 2.81. The molecule has 1 unspecified atom stereocenters. The van der Waals surface area contributed by atoms with Crippen molar-refractivity contribution in [1.29, 1.82) is 0 Å². The summed E-state index contributed by atoms with van der Waals surface area (Å²) in [5.41, 5.74) is -0.158. The quantitative estimate of drug-likeness (QED) is 0.750. The molecule has 2 heterocycles. The smallest absolute Gasteiger partial charge is 0.204 e. The van der Waals surface area contributed by atoms with E-state index in [1.54, 1.807) is 12.1 Å². The Balaban J connectivity index is 1.51. The summed E-state index contributed by atoms with van der Waals surface area (Å²) >= 11 is 0. The van der Waals surface area contributed by atoms with E-state index in [4.69, 9.17) is 14.2 Å². The molecule has 6 nitrogen and oxygen atoms in total. The molecule has 2 aromatic rings. The number of morpholine rings is 1. The molecule has 2 aromatic carbocycles. The predicted molar refractivity (Wildman–Crippen MR) is 111 cm³/mol. The number of halogens is 1. The van der Waals surface area contributed by atoms with E-state index in [0.29, 0.717) is 24.5 Å². The zero-order valence-electron chi connectivity index (χ0n) is 17.3. The summed E-state index contributed by atoms with van der Waals surface area (Å²) in [4.78, 5) is 15.2. The number of hydrogen-bond donors (Lipinski definition) is 1. The lowest BCUT2D eigenvalue weighted by Gasteiger charge is -2.50. The molecular formula is C24H26FNO5. The number of fused-ring (bicyclic) bond motifs is 1. The van der Waals surface area contributed by atoms with Crippen LogP contribution in [0.5, 0.6) is 17.2 Å². The molecule has 0 amide bonds. The Labute approximate surface area is 180 Å². The summed E-state index contributed by atoms with van der Waals surface area (Å²) in [5, 5.41) is 11.0. The monoisotopic (exact) mass is 427 g/mol. The van der Waals surface area contributed by atoms with Crippen LogP contribution in [0.1, 0.15) is 48.0 Å². The van der Waals surface area contributed by atoms with Crippen molar-refractivity contribution < 1.29 is 28.5 Å². The minimum atomic E-state index is -0.572. The molecule has 1 N–H and O–H groups in total. The fourth-order valence-electron chi connectivity index (χ4n) is 4.88. The van der Waals surface area contributed by atoms with Crippen molar-refractivity contribution in [3.8, 4) is 17.2 Å². The van der Waals surface area contributed by atoms with Gasteiger partial charge in [-0.1, -0.05) is 6.42 Å². The summed E-state index contributed by atoms with van der Waals surface area (Å²) in [5.74, 6) is -0.384. The van der Waals surface area contributed by atoms with Crippen LogP contribution in [0.25, 0.3) is 0 Å². The molecule has 0 aromatic heterocycles. The molecule has 31 heavy (non-hydrogen) atoms. The Morgan fingerprint density at radius 2 is 1.74 bits per heavy atom. The molecule has 0 bridgehead atoms. The number of phenolic OH excluding ortho intramolecular Hbond substituents is 1. The summed E-state index contributed by atoms with van der Waals surface area (Å²) in [6, 6.07) is 8.49. The van der Waals surface area contributed by atoms with Crippen LogP contribution in [0, 0.1) is 5.82 Å². The van der Waals surface area contributed by atoms with Gasteiger partial charge in [-0.05, 0) is 62.1 Å². The topological polar surface area (TPSA) is 68.2 Å². The summed E-state index contributed by atoms with van der Waals surface area (Å²) in [7, 11) is 0. The van der Waals surface area contributed by atoms with Crippen LogP contribution in [0.4, 0.5) is 4.39 Å². The highest BCUT2D eigenvalue weighted by Crippen LogP contribution is 2.50. The van der Waals surface area contributed by atoms with Crippen molar-refractivity contribution in [3.63, 3.8) is 0 Å². The predicted octanol–water partition coefficient (Wildman–Crippen LogP) is 3.89. The van der Waals surface area contributed by atoms with Crippen LogP contribution >= 0.6 is 0 Å². The Bertz CT molecular complexity index is 965. The fraction of sp³-hybridized carbons (Fsp3) is 0.458. The van der Waals surface area contributed by atoms with Gasteiger partial charge in [-0.15, -0.1) is 0 Å². The van der Waals surface area contributed by atoms with E-state index in [1.165, 1.54) is 24.3 Å². The van der Waals surface area contributed by atoms with Gasteiger partial charge in [-0.2, -0.15) is 0 Å².